The fourth-order valence-electron chi connectivity index (χ4n) is 3.13. The van der Waals surface area contributed by atoms with Crippen LogP contribution in [0.1, 0.15) is 25.0 Å². The molecule has 1 amide bonds. The minimum absolute atomic E-state index is 0.0527. The Hall–Kier alpha value is -3.47. The lowest BCUT2D eigenvalue weighted by atomic mass is 10.1. The number of hydrogen-bond donors (Lipinski definition) is 1. The Kier molecular flexibility index (Phi) is 9.59. The number of nitrogens with zero attached hydrogens (tertiary/aromatic N) is 1. The first kappa shape index (κ1) is 26.1. The van der Waals surface area contributed by atoms with Crippen molar-refractivity contribution in [1.29, 1.82) is 5.26 Å². The summed E-state index contributed by atoms with van der Waals surface area (Å²) in [6, 6.07) is 19.8. The van der Waals surface area contributed by atoms with Gasteiger partial charge in [0.15, 0.2) is 11.5 Å². The number of carbonyl (C=O) groups excluding carboxylic acids is 1. The summed E-state index contributed by atoms with van der Waals surface area (Å²) in [6.45, 7) is 5.05. The predicted octanol–water partition coefficient (Wildman–Crippen LogP) is 7.02. The van der Waals surface area contributed by atoms with Crippen molar-refractivity contribution in [2.24, 2.45) is 0 Å². The van der Waals surface area contributed by atoms with Gasteiger partial charge < -0.3 is 19.5 Å². The Bertz CT molecular complexity index is 1240. The molecular weight excluding hydrogens is 532 g/mol. The van der Waals surface area contributed by atoms with Crippen LogP contribution in [0.2, 0.25) is 5.02 Å². The Morgan fingerprint density at radius 2 is 1.71 bits per heavy atom. The normalized spacial score (nSPS) is 10.9. The van der Waals surface area contributed by atoms with Crippen LogP contribution in [0, 0.1) is 11.3 Å². The molecule has 0 radical (unpaired) electrons. The Balaban J connectivity index is 1.79. The lowest BCUT2D eigenvalue weighted by Gasteiger charge is -2.15. The summed E-state index contributed by atoms with van der Waals surface area (Å²) in [7, 11) is 0. The maximum atomic E-state index is 12.7. The van der Waals surface area contributed by atoms with Crippen LogP contribution < -0.4 is 19.5 Å². The van der Waals surface area contributed by atoms with Gasteiger partial charge in [-0.15, -0.1) is 0 Å². The molecule has 35 heavy (non-hydrogen) atoms. The first-order valence-electron chi connectivity index (χ1n) is 10.9. The van der Waals surface area contributed by atoms with Crippen LogP contribution in [0.15, 0.2) is 70.7 Å². The Morgan fingerprint density at radius 1 is 1.03 bits per heavy atom. The molecule has 3 aromatic carbocycles. The molecule has 0 atom stereocenters. The smallest absolute Gasteiger partial charge is 0.266 e. The molecule has 6 nitrogen and oxygen atoms in total. The summed E-state index contributed by atoms with van der Waals surface area (Å²) in [5.41, 5.74) is 2.06. The zero-order chi connectivity index (χ0) is 25.2. The third-order valence-electron chi connectivity index (χ3n) is 4.73. The number of halogens is 2. The quantitative estimate of drug-likeness (QED) is 0.215. The molecule has 0 aromatic heterocycles. The molecule has 0 fully saturated rings. The fraction of sp³-hybridized carbons (Fsp3) is 0.185. The first-order chi connectivity index (χ1) is 16.9. The second-order valence-electron chi connectivity index (χ2n) is 7.26. The van der Waals surface area contributed by atoms with Gasteiger partial charge in [0, 0.05) is 10.7 Å². The molecule has 0 bridgehead atoms. The Morgan fingerprint density at radius 3 is 2.34 bits per heavy atom. The molecule has 3 aromatic rings. The van der Waals surface area contributed by atoms with Crippen molar-refractivity contribution in [1.82, 2.24) is 0 Å². The molecule has 0 saturated heterocycles. The van der Waals surface area contributed by atoms with E-state index in [0.717, 1.165) is 5.56 Å². The van der Waals surface area contributed by atoms with Crippen molar-refractivity contribution in [2.45, 2.75) is 20.5 Å². The van der Waals surface area contributed by atoms with E-state index < -0.39 is 5.91 Å². The monoisotopic (exact) mass is 554 g/mol. The average Bonchev–Trinajstić information content (AvgIpc) is 2.84. The maximum absolute atomic E-state index is 12.7. The van der Waals surface area contributed by atoms with Gasteiger partial charge in [0.1, 0.15) is 24.0 Å². The largest absolute Gasteiger partial charge is 0.494 e. The summed E-state index contributed by atoms with van der Waals surface area (Å²) in [5.74, 6) is 1.20. The van der Waals surface area contributed by atoms with Crippen LogP contribution in [0.5, 0.6) is 17.2 Å². The molecule has 180 valence electrons. The predicted molar refractivity (Wildman–Crippen MR) is 141 cm³/mol. The average molecular weight is 556 g/mol. The second kappa shape index (κ2) is 12.8. The highest BCUT2D eigenvalue weighted by molar-refractivity contribution is 9.10. The van der Waals surface area contributed by atoms with E-state index in [9.17, 15) is 10.1 Å². The summed E-state index contributed by atoms with van der Waals surface area (Å²) in [5, 5.41) is 13.0. The molecule has 8 heteroatoms. The van der Waals surface area contributed by atoms with Crippen molar-refractivity contribution >= 4 is 45.2 Å². The SMILES string of the molecule is CCOc1ccc(NC(=O)/C(C#N)=C\c2cc(Br)c(OCc3ccc(Cl)cc3)c(OCC)c2)cc1. The van der Waals surface area contributed by atoms with E-state index in [2.05, 4.69) is 21.2 Å². The summed E-state index contributed by atoms with van der Waals surface area (Å²) in [6.07, 6.45) is 1.50. The molecule has 0 saturated carbocycles. The summed E-state index contributed by atoms with van der Waals surface area (Å²) in [4.78, 5) is 12.7. The highest BCUT2D eigenvalue weighted by Crippen LogP contribution is 2.38. The number of hydrogen-bond acceptors (Lipinski definition) is 5. The zero-order valence-electron chi connectivity index (χ0n) is 19.3. The van der Waals surface area contributed by atoms with Crippen molar-refractivity contribution in [3.8, 4) is 23.3 Å². The highest BCUT2D eigenvalue weighted by Gasteiger charge is 2.15. The van der Waals surface area contributed by atoms with Crippen molar-refractivity contribution in [3.05, 3.63) is 86.9 Å². The number of nitriles is 1. The molecule has 0 aliphatic heterocycles. The van der Waals surface area contributed by atoms with Gasteiger partial charge >= 0.3 is 0 Å². The van der Waals surface area contributed by atoms with Crippen LogP contribution in [0.4, 0.5) is 5.69 Å². The number of carbonyl (C=O) groups is 1. The maximum Gasteiger partial charge on any atom is 0.266 e. The fourth-order valence-corrected chi connectivity index (χ4v) is 3.83. The van der Waals surface area contributed by atoms with Crippen LogP contribution in [-0.2, 0) is 11.4 Å². The molecule has 1 N–H and O–H groups in total. The van der Waals surface area contributed by atoms with E-state index in [4.69, 9.17) is 25.8 Å². The van der Waals surface area contributed by atoms with Gasteiger partial charge in [0.2, 0.25) is 0 Å². The van der Waals surface area contributed by atoms with Crippen molar-refractivity contribution < 1.29 is 19.0 Å². The summed E-state index contributed by atoms with van der Waals surface area (Å²) >= 11 is 9.47. The zero-order valence-corrected chi connectivity index (χ0v) is 21.7. The van der Waals surface area contributed by atoms with E-state index in [1.807, 2.05) is 32.0 Å². The van der Waals surface area contributed by atoms with E-state index >= 15 is 0 Å². The van der Waals surface area contributed by atoms with E-state index in [-0.39, 0.29) is 5.57 Å². The van der Waals surface area contributed by atoms with Gasteiger partial charge in [-0.3, -0.25) is 4.79 Å². The molecule has 0 unspecified atom stereocenters. The topological polar surface area (TPSA) is 80.6 Å². The number of nitrogens with one attached hydrogen (secondary N) is 1. The lowest BCUT2D eigenvalue weighted by Crippen LogP contribution is -2.13. The van der Waals surface area contributed by atoms with Gasteiger partial charge in [-0.25, -0.2) is 0 Å². The highest BCUT2D eigenvalue weighted by atomic mass is 79.9. The molecule has 3 rings (SSSR count). The van der Waals surface area contributed by atoms with Crippen molar-refractivity contribution in [2.75, 3.05) is 18.5 Å². The molecule has 0 aliphatic rings. The van der Waals surface area contributed by atoms with Crippen LogP contribution >= 0.6 is 27.5 Å². The first-order valence-corrected chi connectivity index (χ1v) is 12.1. The number of rotatable bonds is 10. The van der Waals surface area contributed by atoms with E-state index in [1.165, 1.54) is 6.08 Å². The number of anilines is 1. The molecule has 0 spiro atoms. The third kappa shape index (κ3) is 7.51. The van der Waals surface area contributed by atoms with Gasteiger partial charge in [0.25, 0.3) is 5.91 Å². The van der Waals surface area contributed by atoms with Crippen LogP contribution in [0.25, 0.3) is 6.08 Å². The van der Waals surface area contributed by atoms with Crippen molar-refractivity contribution in [3.63, 3.8) is 0 Å². The Labute approximate surface area is 218 Å². The van der Waals surface area contributed by atoms with E-state index in [1.54, 1.807) is 48.5 Å². The standard InChI is InChI=1S/C27H24BrClN2O4/c1-3-33-23-11-9-22(10-12-23)31-27(32)20(16-30)13-19-14-24(28)26(25(15-19)34-4-2)35-17-18-5-7-21(29)8-6-18/h5-15H,3-4,17H2,1-2H3,(H,31,32)/b20-13-. The molecular formula is C27H24BrClN2O4. The second-order valence-corrected chi connectivity index (χ2v) is 8.55. The van der Waals surface area contributed by atoms with E-state index in [0.29, 0.717) is 57.8 Å². The van der Waals surface area contributed by atoms with Crippen LogP contribution in [-0.4, -0.2) is 19.1 Å². The van der Waals surface area contributed by atoms with Gasteiger partial charge in [0.05, 0.1) is 17.7 Å². The van der Waals surface area contributed by atoms with Gasteiger partial charge in [-0.05, 0) is 95.5 Å². The third-order valence-corrected chi connectivity index (χ3v) is 5.57. The van der Waals surface area contributed by atoms with Gasteiger partial charge in [-0.1, -0.05) is 23.7 Å². The van der Waals surface area contributed by atoms with Gasteiger partial charge in [-0.2, -0.15) is 5.26 Å². The minimum Gasteiger partial charge on any atom is -0.494 e. The molecule has 0 aliphatic carbocycles. The molecule has 0 heterocycles. The minimum atomic E-state index is -0.520. The number of ether oxygens (including phenoxy) is 3. The number of benzene rings is 3. The van der Waals surface area contributed by atoms with Crippen LogP contribution in [0.3, 0.4) is 0 Å². The summed E-state index contributed by atoms with van der Waals surface area (Å²) < 4.78 is 17.8. The lowest BCUT2D eigenvalue weighted by molar-refractivity contribution is -0.112. The number of amides is 1.